The van der Waals surface area contributed by atoms with Crippen LogP contribution in [0.3, 0.4) is 0 Å². The summed E-state index contributed by atoms with van der Waals surface area (Å²) in [5.41, 5.74) is 2.69. The van der Waals surface area contributed by atoms with Gasteiger partial charge >= 0.3 is 5.97 Å². The van der Waals surface area contributed by atoms with Gasteiger partial charge in [-0.2, -0.15) is 0 Å². The molecule has 0 aliphatic rings. The Labute approximate surface area is 104 Å². The van der Waals surface area contributed by atoms with E-state index in [0.29, 0.717) is 18.7 Å². The first kappa shape index (κ1) is 12.2. The Bertz CT molecular complexity index is 577. The molecule has 0 saturated carbocycles. The van der Waals surface area contributed by atoms with E-state index in [1.807, 2.05) is 19.9 Å². The minimum absolute atomic E-state index is 0.0260. The largest absolute Gasteiger partial charge is 0.476 e. The number of carboxylic acid groups (broad SMARTS) is 1. The molecule has 0 spiro atoms. The third-order valence-corrected chi connectivity index (χ3v) is 2.64. The van der Waals surface area contributed by atoms with Gasteiger partial charge < -0.3 is 5.11 Å². The molecule has 94 valence electrons. The van der Waals surface area contributed by atoms with Crippen molar-refractivity contribution in [3.8, 4) is 0 Å². The molecule has 0 unspecified atom stereocenters. The summed E-state index contributed by atoms with van der Waals surface area (Å²) in [5.74, 6) is -1.04. The molecule has 0 radical (unpaired) electrons. The number of nitrogens with zero attached hydrogens (tertiary/aromatic N) is 4. The second kappa shape index (κ2) is 4.95. The Balaban J connectivity index is 2.32. The maximum atomic E-state index is 11.0. The van der Waals surface area contributed by atoms with E-state index in [1.165, 1.54) is 0 Å². The molecule has 0 amide bonds. The molecule has 0 aliphatic carbocycles. The summed E-state index contributed by atoms with van der Waals surface area (Å²) in [6.07, 6.45) is 4.09. The summed E-state index contributed by atoms with van der Waals surface area (Å²) in [5, 5.41) is 16.6. The lowest BCUT2D eigenvalue weighted by atomic mass is 10.2. The smallest absolute Gasteiger partial charge is 0.358 e. The molecule has 0 fully saturated rings. The molecule has 0 bridgehead atoms. The van der Waals surface area contributed by atoms with E-state index in [0.717, 1.165) is 11.1 Å². The van der Waals surface area contributed by atoms with E-state index >= 15 is 0 Å². The van der Waals surface area contributed by atoms with Crippen molar-refractivity contribution in [1.29, 1.82) is 0 Å². The number of pyridine rings is 1. The molecule has 2 rings (SSSR count). The van der Waals surface area contributed by atoms with Gasteiger partial charge in [0.2, 0.25) is 0 Å². The molecular weight excluding hydrogens is 232 g/mol. The molecule has 0 atom stereocenters. The van der Waals surface area contributed by atoms with Gasteiger partial charge in [-0.1, -0.05) is 18.2 Å². The highest BCUT2D eigenvalue weighted by Crippen LogP contribution is 2.10. The molecule has 0 saturated heterocycles. The average Bonchev–Trinajstić information content (AvgIpc) is 2.72. The van der Waals surface area contributed by atoms with Gasteiger partial charge in [0.25, 0.3) is 0 Å². The number of carboxylic acids is 1. The second-order valence-corrected chi connectivity index (χ2v) is 4.07. The van der Waals surface area contributed by atoms with E-state index in [2.05, 4.69) is 15.3 Å². The van der Waals surface area contributed by atoms with Crippen molar-refractivity contribution in [2.24, 2.45) is 0 Å². The minimum atomic E-state index is -1.04. The Morgan fingerprint density at radius 2 is 2.22 bits per heavy atom. The lowest BCUT2D eigenvalue weighted by Crippen LogP contribution is -2.08. The SMILES string of the molecule is CCc1c(C(=O)O)nnn1Cc1cncc(C)c1. The van der Waals surface area contributed by atoms with E-state index < -0.39 is 5.97 Å². The Morgan fingerprint density at radius 3 is 2.83 bits per heavy atom. The number of hydrogen-bond acceptors (Lipinski definition) is 4. The topological polar surface area (TPSA) is 80.9 Å². The molecule has 2 heterocycles. The Morgan fingerprint density at radius 1 is 1.44 bits per heavy atom. The van der Waals surface area contributed by atoms with Crippen LogP contribution in [0, 0.1) is 6.92 Å². The van der Waals surface area contributed by atoms with Crippen LogP contribution in [-0.2, 0) is 13.0 Å². The van der Waals surface area contributed by atoms with E-state index in [9.17, 15) is 4.79 Å². The molecule has 1 N–H and O–H groups in total. The van der Waals surface area contributed by atoms with Crippen LogP contribution in [0.2, 0.25) is 0 Å². The van der Waals surface area contributed by atoms with Crippen molar-refractivity contribution in [2.45, 2.75) is 26.8 Å². The number of carbonyl (C=O) groups is 1. The summed E-state index contributed by atoms with van der Waals surface area (Å²) < 4.78 is 1.61. The normalized spacial score (nSPS) is 10.6. The van der Waals surface area contributed by atoms with Gasteiger partial charge in [0.15, 0.2) is 5.69 Å². The third-order valence-electron chi connectivity index (χ3n) is 2.64. The highest BCUT2D eigenvalue weighted by molar-refractivity contribution is 5.86. The van der Waals surface area contributed by atoms with Crippen LogP contribution in [0.5, 0.6) is 0 Å². The van der Waals surface area contributed by atoms with Crippen molar-refractivity contribution >= 4 is 5.97 Å². The van der Waals surface area contributed by atoms with Gasteiger partial charge in [-0.3, -0.25) is 4.98 Å². The van der Waals surface area contributed by atoms with Crippen LogP contribution in [0.4, 0.5) is 0 Å². The number of aryl methyl sites for hydroxylation is 1. The second-order valence-electron chi connectivity index (χ2n) is 4.07. The Kier molecular flexibility index (Phi) is 3.36. The molecule has 18 heavy (non-hydrogen) atoms. The minimum Gasteiger partial charge on any atom is -0.476 e. The first-order chi connectivity index (χ1) is 8.61. The van der Waals surface area contributed by atoms with E-state index in [-0.39, 0.29) is 5.69 Å². The number of hydrogen-bond donors (Lipinski definition) is 1. The zero-order chi connectivity index (χ0) is 13.1. The summed E-state index contributed by atoms with van der Waals surface area (Å²) in [6, 6.07) is 1.99. The van der Waals surface area contributed by atoms with Crippen LogP contribution < -0.4 is 0 Å². The molecule has 0 aliphatic heterocycles. The average molecular weight is 246 g/mol. The zero-order valence-corrected chi connectivity index (χ0v) is 10.3. The fourth-order valence-electron chi connectivity index (χ4n) is 1.85. The predicted molar refractivity (Wildman–Crippen MR) is 64.4 cm³/mol. The summed E-state index contributed by atoms with van der Waals surface area (Å²) in [4.78, 5) is 15.1. The zero-order valence-electron chi connectivity index (χ0n) is 10.3. The summed E-state index contributed by atoms with van der Waals surface area (Å²) in [7, 11) is 0. The molecule has 6 heteroatoms. The molecular formula is C12H14N4O2. The van der Waals surface area contributed by atoms with Gasteiger partial charge in [0.05, 0.1) is 12.2 Å². The molecule has 0 aromatic carbocycles. The fraction of sp³-hybridized carbons (Fsp3) is 0.333. The van der Waals surface area contributed by atoms with Gasteiger partial charge in [-0.15, -0.1) is 5.10 Å². The van der Waals surface area contributed by atoms with Crippen molar-refractivity contribution in [3.63, 3.8) is 0 Å². The van der Waals surface area contributed by atoms with Crippen LogP contribution in [-0.4, -0.2) is 31.1 Å². The van der Waals surface area contributed by atoms with Gasteiger partial charge in [-0.05, 0) is 24.5 Å². The van der Waals surface area contributed by atoms with Crippen molar-refractivity contribution in [1.82, 2.24) is 20.0 Å². The first-order valence-electron chi connectivity index (χ1n) is 5.68. The van der Waals surface area contributed by atoms with Crippen LogP contribution >= 0.6 is 0 Å². The number of aromatic carboxylic acids is 1. The first-order valence-corrected chi connectivity index (χ1v) is 5.68. The molecule has 2 aromatic rings. The molecule has 2 aromatic heterocycles. The quantitative estimate of drug-likeness (QED) is 0.879. The lowest BCUT2D eigenvalue weighted by molar-refractivity contribution is 0.0689. The van der Waals surface area contributed by atoms with Gasteiger partial charge in [-0.25, -0.2) is 9.48 Å². The predicted octanol–water partition coefficient (Wildman–Crippen LogP) is 1.29. The molecule has 6 nitrogen and oxygen atoms in total. The highest BCUT2D eigenvalue weighted by Gasteiger charge is 2.17. The van der Waals surface area contributed by atoms with Crippen molar-refractivity contribution < 1.29 is 9.90 Å². The summed E-state index contributed by atoms with van der Waals surface area (Å²) in [6.45, 7) is 4.33. The number of aromatic nitrogens is 4. The van der Waals surface area contributed by atoms with Crippen LogP contribution in [0.15, 0.2) is 18.5 Å². The van der Waals surface area contributed by atoms with E-state index in [4.69, 9.17) is 5.11 Å². The maximum Gasteiger partial charge on any atom is 0.358 e. The monoisotopic (exact) mass is 246 g/mol. The summed E-state index contributed by atoms with van der Waals surface area (Å²) >= 11 is 0. The third kappa shape index (κ3) is 2.37. The number of rotatable bonds is 4. The van der Waals surface area contributed by atoms with E-state index in [1.54, 1.807) is 17.1 Å². The van der Waals surface area contributed by atoms with Crippen LogP contribution in [0.25, 0.3) is 0 Å². The highest BCUT2D eigenvalue weighted by atomic mass is 16.4. The van der Waals surface area contributed by atoms with Crippen LogP contribution in [0.1, 0.15) is 34.2 Å². The standard InChI is InChI=1S/C12H14N4O2/c1-3-10-11(12(17)18)14-15-16(10)7-9-4-8(2)5-13-6-9/h4-6H,3,7H2,1-2H3,(H,17,18). The van der Waals surface area contributed by atoms with Crippen molar-refractivity contribution in [2.75, 3.05) is 0 Å². The maximum absolute atomic E-state index is 11.0. The van der Waals surface area contributed by atoms with Gasteiger partial charge in [0, 0.05) is 12.4 Å². The van der Waals surface area contributed by atoms with Gasteiger partial charge in [0.1, 0.15) is 0 Å². The Hall–Kier alpha value is -2.24. The van der Waals surface area contributed by atoms with Crippen molar-refractivity contribution in [3.05, 3.63) is 41.0 Å². The fourth-order valence-corrected chi connectivity index (χ4v) is 1.85. The lowest BCUT2D eigenvalue weighted by Gasteiger charge is -2.05.